The molecule has 5 atom stereocenters. The van der Waals surface area contributed by atoms with E-state index >= 15 is 0 Å². The van der Waals surface area contributed by atoms with Gasteiger partial charge >= 0.3 is 29.6 Å². The topological polar surface area (TPSA) is 141 Å². The molecule has 3 N–H and O–H groups in total. The molecule has 0 radical (unpaired) electrons. The normalized spacial score (nSPS) is 23.7. The summed E-state index contributed by atoms with van der Waals surface area (Å²) in [5.41, 5.74) is 1.45. The minimum atomic E-state index is -1.55. The SMILES string of the molecule is C[C@H]1[C@H]([C@H](O)[C@H](O)CO)OC(C(=O)[O-])=C[C@@H]1n1cc(-c2ccccc2)nn1.[Na+]. The first kappa shape index (κ1) is 22.5. The minimum Gasteiger partial charge on any atom is -0.542 e. The number of aromatic nitrogens is 3. The van der Waals surface area contributed by atoms with Crippen LogP contribution < -0.4 is 34.7 Å². The summed E-state index contributed by atoms with van der Waals surface area (Å²) in [5, 5.41) is 48.6. The molecule has 144 valence electrons. The van der Waals surface area contributed by atoms with E-state index < -0.39 is 48.6 Å². The zero-order valence-corrected chi connectivity index (χ0v) is 17.5. The number of ether oxygens (including phenoxy) is 1. The number of carboxylic acids is 1. The number of carbonyl (C=O) groups excluding carboxylic acids is 1. The maximum atomic E-state index is 11.3. The van der Waals surface area contributed by atoms with Gasteiger partial charge < -0.3 is 30.0 Å². The van der Waals surface area contributed by atoms with Crippen molar-refractivity contribution in [1.29, 1.82) is 0 Å². The Kier molecular flexibility index (Phi) is 7.76. The molecule has 2 aromatic rings. The Morgan fingerprint density at radius 3 is 2.61 bits per heavy atom. The number of aliphatic hydroxyl groups is 3. The Morgan fingerprint density at radius 2 is 2.00 bits per heavy atom. The van der Waals surface area contributed by atoms with E-state index in [0.29, 0.717) is 5.69 Å². The van der Waals surface area contributed by atoms with Crippen LogP contribution in [0.15, 0.2) is 48.4 Å². The van der Waals surface area contributed by atoms with Gasteiger partial charge in [0.2, 0.25) is 0 Å². The molecule has 0 bridgehead atoms. The van der Waals surface area contributed by atoms with Crippen molar-refractivity contribution in [2.75, 3.05) is 6.61 Å². The molecule has 0 aliphatic carbocycles. The molecule has 0 saturated heterocycles. The van der Waals surface area contributed by atoms with E-state index in [4.69, 9.17) is 9.84 Å². The maximum Gasteiger partial charge on any atom is 1.00 e. The fraction of sp³-hybridized carbons (Fsp3) is 0.389. The maximum absolute atomic E-state index is 11.3. The number of hydrogen-bond acceptors (Lipinski definition) is 8. The largest absolute Gasteiger partial charge is 1.00 e. The van der Waals surface area contributed by atoms with Crippen molar-refractivity contribution in [3.05, 3.63) is 48.4 Å². The van der Waals surface area contributed by atoms with Gasteiger partial charge in [-0.25, -0.2) is 4.68 Å². The molecule has 1 aliphatic rings. The van der Waals surface area contributed by atoms with Gasteiger partial charge in [-0.2, -0.15) is 0 Å². The fourth-order valence-corrected chi connectivity index (χ4v) is 3.10. The van der Waals surface area contributed by atoms with E-state index in [1.165, 1.54) is 10.8 Å². The number of rotatable bonds is 6. The van der Waals surface area contributed by atoms with Crippen LogP contribution in [0.5, 0.6) is 0 Å². The minimum absolute atomic E-state index is 0. The standard InChI is InChI=1S/C18H21N3O6.Na/c1-10-13(21-8-12(19-20-21)11-5-3-2-4-6-11)7-15(18(25)26)27-17(10)16(24)14(23)9-22;/h2-8,10,13-14,16-17,22-24H,9H2,1H3,(H,25,26);/q;+1/p-1/t10-,13+,14-,16-,17-;/m1./s1. The van der Waals surface area contributed by atoms with Gasteiger partial charge in [0.1, 0.15) is 35.7 Å². The Balaban J connectivity index is 0.00000280. The summed E-state index contributed by atoms with van der Waals surface area (Å²) in [6.07, 6.45) is -1.06. The molecule has 10 heteroatoms. The average molecular weight is 397 g/mol. The Morgan fingerprint density at radius 1 is 1.32 bits per heavy atom. The molecule has 0 saturated carbocycles. The number of benzene rings is 1. The van der Waals surface area contributed by atoms with Crippen molar-refractivity contribution in [1.82, 2.24) is 15.0 Å². The second-order valence-corrected chi connectivity index (χ2v) is 6.44. The molecule has 1 aromatic carbocycles. The van der Waals surface area contributed by atoms with Crippen molar-refractivity contribution in [2.45, 2.75) is 31.3 Å². The second-order valence-electron chi connectivity index (χ2n) is 6.44. The Hall–Kier alpha value is -1.75. The molecule has 28 heavy (non-hydrogen) atoms. The molecule has 0 spiro atoms. The Bertz CT molecular complexity index is 828. The van der Waals surface area contributed by atoms with Crippen molar-refractivity contribution in [3.63, 3.8) is 0 Å². The van der Waals surface area contributed by atoms with E-state index in [0.717, 1.165) is 5.56 Å². The van der Waals surface area contributed by atoms with Gasteiger partial charge in [0.15, 0.2) is 0 Å². The molecule has 0 amide bonds. The van der Waals surface area contributed by atoms with Gasteiger partial charge in [0.25, 0.3) is 0 Å². The van der Waals surface area contributed by atoms with Crippen LogP contribution in [0.4, 0.5) is 0 Å². The van der Waals surface area contributed by atoms with Crippen molar-refractivity contribution in [3.8, 4) is 11.3 Å². The van der Waals surface area contributed by atoms with E-state index in [9.17, 15) is 20.1 Å². The average Bonchev–Trinajstić information content (AvgIpc) is 3.17. The third-order valence-corrected chi connectivity index (χ3v) is 4.65. The molecule has 0 unspecified atom stereocenters. The predicted octanol–water partition coefficient (Wildman–Crippen LogP) is -4.13. The zero-order valence-electron chi connectivity index (χ0n) is 15.5. The number of nitrogens with zero attached hydrogens (tertiary/aromatic N) is 3. The van der Waals surface area contributed by atoms with E-state index in [-0.39, 0.29) is 29.6 Å². The zero-order chi connectivity index (χ0) is 19.6. The quantitative estimate of drug-likeness (QED) is 0.418. The van der Waals surface area contributed by atoms with Crippen LogP contribution in [-0.2, 0) is 9.53 Å². The van der Waals surface area contributed by atoms with Crippen LogP contribution in [0.25, 0.3) is 11.3 Å². The summed E-state index contributed by atoms with van der Waals surface area (Å²) < 4.78 is 6.78. The van der Waals surface area contributed by atoms with Gasteiger partial charge in [0, 0.05) is 11.5 Å². The predicted molar refractivity (Wildman–Crippen MR) is 90.7 cm³/mol. The molecule has 1 aliphatic heterocycles. The molecular weight excluding hydrogens is 377 g/mol. The summed E-state index contributed by atoms with van der Waals surface area (Å²) in [5.74, 6) is -2.50. The van der Waals surface area contributed by atoms with Crippen molar-refractivity contribution < 1.29 is 59.5 Å². The van der Waals surface area contributed by atoms with Crippen LogP contribution in [0.3, 0.4) is 0 Å². The third-order valence-electron chi connectivity index (χ3n) is 4.65. The number of allylic oxidation sites excluding steroid dienone is 1. The first-order chi connectivity index (χ1) is 12.9. The van der Waals surface area contributed by atoms with Crippen molar-refractivity contribution in [2.24, 2.45) is 5.92 Å². The second kappa shape index (κ2) is 9.64. The summed E-state index contributed by atoms with van der Waals surface area (Å²) in [4.78, 5) is 11.3. The smallest absolute Gasteiger partial charge is 0.542 e. The van der Waals surface area contributed by atoms with Crippen LogP contribution in [-0.4, -0.2) is 61.2 Å². The van der Waals surface area contributed by atoms with E-state index in [2.05, 4.69) is 10.3 Å². The van der Waals surface area contributed by atoms with Crippen LogP contribution in [0.2, 0.25) is 0 Å². The molecular formula is C18H20N3NaO6. The van der Waals surface area contributed by atoms with Gasteiger partial charge in [-0.1, -0.05) is 42.5 Å². The summed E-state index contributed by atoms with van der Waals surface area (Å²) in [6.45, 7) is 1.03. The summed E-state index contributed by atoms with van der Waals surface area (Å²) in [6, 6.07) is 8.73. The summed E-state index contributed by atoms with van der Waals surface area (Å²) >= 11 is 0. The molecule has 9 nitrogen and oxygen atoms in total. The number of carboxylic acid groups (broad SMARTS) is 1. The molecule has 2 heterocycles. The fourth-order valence-electron chi connectivity index (χ4n) is 3.10. The van der Waals surface area contributed by atoms with Crippen molar-refractivity contribution >= 4 is 5.97 Å². The Labute approximate surface area is 183 Å². The first-order valence-electron chi connectivity index (χ1n) is 8.46. The number of hydrogen-bond donors (Lipinski definition) is 3. The van der Waals surface area contributed by atoms with Gasteiger partial charge in [-0.3, -0.25) is 0 Å². The number of aliphatic carboxylic acids is 1. The summed E-state index contributed by atoms with van der Waals surface area (Å²) in [7, 11) is 0. The van der Waals surface area contributed by atoms with E-state index in [1.807, 2.05) is 30.3 Å². The number of aliphatic hydroxyl groups excluding tert-OH is 3. The monoisotopic (exact) mass is 397 g/mol. The van der Waals surface area contributed by atoms with Crippen LogP contribution in [0.1, 0.15) is 13.0 Å². The molecule has 3 rings (SSSR count). The third kappa shape index (κ3) is 4.62. The van der Waals surface area contributed by atoms with E-state index in [1.54, 1.807) is 13.1 Å². The van der Waals surface area contributed by atoms with Crippen LogP contribution >= 0.6 is 0 Å². The number of carbonyl (C=O) groups is 1. The van der Waals surface area contributed by atoms with Gasteiger partial charge in [0.05, 0.1) is 18.8 Å². The van der Waals surface area contributed by atoms with Gasteiger partial charge in [-0.15, -0.1) is 5.10 Å². The molecule has 0 fully saturated rings. The first-order valence-corrected chi connectivity index (χ1v) is 8.46. The molecule has 1 aromatic heterocycles. The van der Waals surface area contributed by atoms with Gasteiger partial charge in [-0.05, 0) is 6.08 Å². The van der Waals surface area contributed by atoms with Crippen LogP contribution in [0, 0.1) is 5.92 Å².